The molecular formula is C43H63N4O3+. The fraction of sp³-hybridized carbons (Fsp3) is 0.512. The van der Waals surface area contributed by atoms with Crippen LogP contribution >= 0.6 is 0 Å². The van der Waals surface area contributed by atoms with E-state index in [1.54, 1.807) is 0 Å². The molecule has 1 atom stereocenters. The molecule has 0 fully saturated rings. The first-order valence-corrected chi connectivity index (χ1v) is 19.0. The Kier molecular flexibility index (Phi) is 14.5. The average Bonchev–Trinajstić information content (AvgIpc) is 3.56. The van der Waals surface area contributed by atoms with E-state index in [1.165, 1.54) is 5.56 Å². The van der Waals surface area contributed by atoms with E-state index < -0.39 is 0 Å². The molecule has 4 aromatic rings. The Labute approximate surface area is 302 Å². The molecule has 0 aliphatic heterocycles. The van der Waals surface area contributed by atoms with Crippen LogP contribution in [0.5, 0.6) is 17.2 Å². The van der Waals surface area contributed by atoms with Gasteiger partial charge in [0.05, 0.1) is 38.5 Å². The maximum Gasteiger partial charge on any atom is 0.147 e. The summed E-state index contributed by atoms with van der Waals surface area (Å²) in [5.41, 5.74) is 4.42. The molecule has 7 nitrogen and oxygen atoms in total. The van der Waals surface area contributed by atoms with Gasteiger partial charge in [-0.3, -0.25) is 4.90 Å². The summed E-state index contributed by atoms with van der Waals surface area (Å²) in [5, 5.41) is 9.88. The van der Waals surface area contributed by atoms with Crippen molar-refractivity contribution >= 4 is 0 Å². The van der Waals surface area contributed by atoms with Crippen LogP contribution in [0.15, 0.2) is 79.0 Å². The van der Waals surface area contributed by atoms with E-state index in [4.69, 9.17) is 14.5 Å². The van der Waals surface area contributed by atoms with Crippen LogP contribution < -0.4 is 9.47 Å². The number of nitrogens with zero attached hydrogens (tertiary/aromatic N) is 4. The van der Waals surface area contributed by atoms with E-state index in [0.717, 1.165) is 109 Å². The molecule has 1 unspecified atom stereocenters. The molecule has 0 saturated carbocycles. The van der Waals surface area contributed by atoms with E-state index in [2.05, 4.69) is 126 Å². The lowest BCUT2D eigenvalue weighted by Gasteiger charge is -2.48. The van der Waals surface area contributed by atoms with Crippen molar-refractivity contribution in [1.29, 1.82) is 0 Å². The number of benzene rings is 3. The zero-order valence-electron chi connectivity index (χ0n) is 32.1. The summed E-state index contributed by atoms with van der Waals surface area (Å²) in [7, 11) is 0. The van der Waals surface area contributed by atoms with Gasteiger partial charge in [-0.25, -0.2) is 4.98 Å². The number of hydrogen-bond donors (Lipinski definition) is 1. The highest BCUT2D eigenvalue weighted by molar-refractivity contribution is 5.61. The highest BCUT2D eigenvalue weighted by atomic mass is 16.5. The molecule has 0 spiro atoms. The number of ether oxygens (including phenoxy) is 2. The lowest BCUT2D eigenvalue weighted by Crippen LogP contribution is -2.63. The normalized spacial score (nSPS) is 12.8. The van der Waals surface area contributed by atoms with Gasteiger partial charge in [0.1, 0.15) is 29.2 Å². The van der Waals surface area contributed by atoms with E-state index in [0.29, 0.717) is 12.8 Å². The minimum atomic E-state index is 0.0669. The topological polar surface area (TPSA) is 59.8 Å². The Bertz CT molecular complexity index is 1570. The van der Waals surface area contributed by atoms with Gasteiger partial charge in [-0.15, -0.1) is 0 Å². The molecule has 1 heterocycles. The van der Waals surface area contributed by atoms with Crippen molar-refractivity contribution in [1.82, 2.24) is 14.5 Å². The van der Waals surface area contributed by atoms with Crippen LogP contribution in [0.2, 0.25) is 0 Å². The third kappa shape index (κ3) is 9.99. The average molecular weight is 684 g/mol. The first-order chi connectivity index (χ1) is 24.1. The third-order valence-corrected chi connectivity index (χ3v) is 10.3. The number of imidazole rings is 1. The zero-order valence-corrected chi connectivity index (χ0v) is 32.1. The highest BCUT2D eigenvalue weighted by Crippen LogP contribution is 2.30. The fourth-order valence-corrected chi connectivity index (χ4v) is 7.09. The lowest BCUT2D eigenvalue weighted by molar-refractivity contribution is -0.959. The van der Waals surface area contributed by atoms with Gasteiger partial charge in [0.15, 0.2) is 0 Å². The number of aromatic nitrogens is 2. The van der Waals surface area contributed by atoms with Gasteiger partial charge in [0.2, 0.25) is 0 Å². The summed E-state index contributed by atoms with van der Waals surface area (Å²) in [6, 6.07) is 25.0. The van der Waals surface area contributed by atoms with Gasteiger partial charge in [0.25, 0.3) is 0 Å². The standard InChI is InChI=1S/C43H63N4O3/c1-9-14-19-41-44-40(33-46(41)36-22-26-38(27-23-36)50-39-18-15-17-35(32-39)43(6,7)8)34-20-24-37(25-21-34)49-31-16-29-47(12-4,13-5)42(28-30-48)45(10-2)11-3/h15,17-18,20-27,32-33,42,48H,9-14,16,19,28-31H2,1-8H3/q+1. The van der Waals surface area contributed by atoms with Crippen molar-refractivity contribution in [2.75, 3.05) is 45.9 Å². The summed E-state index contributed by atoms with van der Waals surface area (Å²) < 4.78 is 15.7. The van der Waals surface area contributed by atoms with Crippen molar-refractivity contribution in [3.8, 4) is 34.2 Å². The molecule has 272 valence electrons. The Morgan fingerprint density at radius 3 is 2.12 bits per heavy atom. The monoisotopic (exact) mass is 683 g/mol. The molecule has 0 radical (unpaired) electrons. The number of aryl methyl sites for hydroxylation is 1. The smallest absolute Gasteiger partial charge is 0.147 e. The van der Waals surface area contributed by atoms with Gasteiger partial charge in [0, 0.05) is 49.8 Å². The molecular weight excluding hydrogens is 620 g/mol. The molecule has 1 aromatic heterocycles. The second-order valence-electron chi connectivity index (χ2n) is 14.4. The molecule has 0 saturated heterocycles. The first-order valence-electron chi connectivity index (χ1n) is 19.0. The van der Waals surface area contributed by atoms with Crippen LogP contribution in [0.3, 0.4) is 0 Å². The third-order valence-electron chi connectivity index (χ3n) is 10.3. The molecule has 1 N–H and O–H groups in total. The molecule has 3 aromatic carbocycles. The SMILES string of the molecule is CCCCc1nc(-c2ccc(OCCC[N+](CC)(CC)C(CCO)N(CC)CC)cc2)cn1-c1ccc(Oc2cccc(C(C)(C)C)c2)cc1. The van der Waals surface area contributed by atoms with Gasteiger partial charge in [-0.05, 0) is 91.9 Å². The van der Waals surface area contributed by atoms with Gasteiger partial charge < -0.3 is 23.6 Å². The van der Waals surface area contributed by atoms with Crippen molar-refractivity contribution < 1.29 is 19.1 Å². The van der Waals surface area contributed by atoms with Crippen molar-refractivity contribution in [3.05, 3.63) is 90.4 Å². The number of rotatable bonds is 20. The first kappa shape index (κ1) is 39.1. The second-order valence-corrected chi connectivity index (χ2v) is 14.4. The van der Waals surface area contributed by atoms with Crippen LogP contribution in [0.4, 0.5) is 0 Å². The predicted octanol–water partition coefficient (Wildman–Crippen LogP) is 9.65. The fourth-order valence-electron chi connectivity index (χ4n) is 7.09. The summed E-state index contributed by atoms with van der Waals surface area (Å²) in [6.07, 6.45) is 7.35. The van der Waals surface area contributed by atoms with Crippen LogP contribution in [-0.2, 0) is 11.8 Å². The molecule has 50 heavy (non-hydrogen) atoms. The van der Waals surface area contributed by atoms with Crippen LogP contribution in [0.25, 0.3) is 16.9 Å². The maximum absolute atomic E-state index is 9.88. The number of hydrogen-bond acceptors (Lipinski definition) is 5. The molecule has 0 aliphatic rings. The minimum absolute atomic E-state index is 0.0669. The Morgan fingerprint density at radius 2 is 1.52 bits per heavy atom. The lowest BCUT2D eigenvalue weighted by atomic mass is 9.87. The van der Waals surface area contributed by atoms with Crippen LogP contribution in [-0.4, -0.2) is 76.1 Å². The number of unbranched alkanes of at least 4 members (excludes halogenated alkanes) is 1. The number of aliphatic hydroxyl groups excluding tert-OH is 1. The Hall–Kier alpha value is -3.65. The second kappa shape index (κ2) is 18.5. The van der Waals surface area contributed by atoms with Crippen molar-refractivity contribution in [2.45, 2.75) is 99.1 Å². The van der Waals surface area contributed by atoms with E-state index in [-0.39, 0.29) is 12.0 Å². The molecule has 4 rings (SSSR count). The Morgan fingerprint density at radius 1 is 0.840 bits per heavy atom. The van der Waals surface area contributed by atoms with Crippen molar-refractivity contribution in [3.63, 3.8) is 0 Å². The van der Waals surface area contributed by atoms with Crippen LogP contribution in [0, 0.1) is 0 Å². The quantitative estimate of drug-likeness (QED) is 0.0571. The van der Waals surface area contributed by atoms with E-state index in [1.807, 2.05) is 18.2 Å². The zero-order chi connectivity index (χ0) is 36.1. The van der Waals surface area contributed by atoms with E-state index in [9.17, 15) is 5.11 Å². The molecule has 0 bridgehead atoms. The number of aliphatic hydroxyl groups is 1. The summed E-state index contributed by atoms with van der Waals surface area (Å²) in [4.78, 5) is 7.60. The van der Waals surface area contributed by atoms with Gasteiger partial charge in [-0.1, -0.05) is 60.1 Å². The maximum atomic E-state index is 9.88. The summed E-state index contributed by atoms with van der Waals surface area (Å²) >= 11 is 0. The van der Waals surface area contributed by atoms with Crippen LogP contribution in [0.1, 0.15) is 92.5 Å². The number of quaternary nitrogens is 1. The van der Waals surface area contributed by atoms with E-state index >= 15 is 0 Å². The molecule has 0 aliphatic carbocycles. The molecule has 7 heteroatoms. The highest BCUT2D eigenvalue weighted by Gasteiger charge is 2.36. The van der Waals surface area contributed by atoms with Gasteiger partial charge in [-0.2, -0.15) is 0 Å². The van der Waals surface area contributed by atoms with Gasteiger partial charge >= 0.3 is 0 Å². The molecule has 0 amide bonds. The minimum Gasteiger partial charge on any atom is -0.493 e. The summed E-state index contributed by atoms with van der Waals surface area (Å²) in [6.45, 7) is 23.9. The largest absolute Gasteiger partial charge is 0.493 e. The summed E-state index contributed by atoms with van der Waals surface area (Å²) in [5.74, 6) is 3.60. The Balaban J connectivity index is 1.43. The van der Waals surface area contributed by atoms with Crippen molar-refractivity contribution in [2.24, 2.45) is 0 Å². The predicted molar refractivity (Wildman–Crippen MR) is 208 cm³/mol.